The summed E-state index contributed by atoms with van der Waals surface area (Å²) in [6, 6.07) is 6.01. The molecule has 0 aromatic heterocycles. The Morgan fingerprint density at radius 1 is 1.14 bits per heavy atom. The van der Waals surface area contributed by atoms with Gasteiger partial charge in [-0.3, -0.25) is 5.01 Å². The van der Waals surface area contributed by atoms with E-state index < -0.39 is 15.8 Å². The van der Waals surface area contributed by atoms with E-state index in [1.54, 1.807) is 5.01 Å². The molecule has 2 fully saturated rings. The molecule has 0 atom stereocenters. The molecule has 0 spiro atoms. The minimum Gasteiger partial charge on any atom is -0.476 e. The summed E-state index contributed by atoms with van der Waals surface area (Å²) in [4.78, 5) is 11.7. The Bertz CT molecular complexity index is 700. The quantitative estimate of drug-likeness (QED) is 0.830. The second kappa shape index (κ2) is 5.72. The maximum absolute atomic E-state index is 12.1. The van der Waals surface area contributed by atoms with Crippen molar-refractivity contribution in [3.8, 4) is 0 Å². The Kier molecular flexibility index (Phi) is 3.90. The maximum atomic E-state index is 12.1. The lowest BCUT2D eigenvalue weighted by Crippen LogP contribution is -2.22. The first-order valence-corrected chi connectivity index (χ1v) is 8.94. The average Bonchev–Trinajstić information content (AvgIpc) is 3.24. The summed E-state index contributed by atoms with van der Waals surface area (Å²) >= 11 is 0. The number of hydrogen-bond donors (Lipinski definition) is 1. The molecule has 22 heavy (non-hydrogen) atoms. The topological polar surface area (TPSA) is 87.0 Å². The third kappa shape index (κ3) is 2.99. The van der Waals surface area contributed by atoms with Crippen molar-refractivity contribution in [2.24, 2.45) is 5.10 Å². The molecular weight excluding hydrogens is 304 g/mol. The molecule has 0 radical (unpaired) electrons. The molecule has 3 rings (SSSR count). The molecule has 1 aliphatic heterocycles. The van der Waals surface area contributed by atoms with Gasteiger partial charge < -0.3 is 5.11 Å². The molecule has 118 valence electrons. The standard InChI is InChI=1S/C15H18N2O4S/c18-15(19)14(16-17-9-1-2-10-17)11-3-5-12(6-4-11)22(20,21)13-7-8-13/h3-6,13H,1-2,7-10H2,(H,18,19)/b16-14+. The fraction of sp³-hybridized carbons (Fsp3) is 0.467. The highest BCUT2D eigenvalue weighted by atomic mass is 32.2. The van der Waals surface area contributed by atoms with E-state index in [1.807, 2.05) is 0 Å². The number of carboxylic acids is 1. The van der Waals surface area contributed by atoms with Crippen molar-refractivity contribution >= 4 is 21.5 Å². The second-order valence-corrected chi connectivity index (χ2v) is 7.91. The van der Waals surface area contributed by atoms with Crippen LogP contribution in [0.1, 0.15) is 31.2 Å². The van der Waals surface area contributed by atoms with Gasteiger partial charge in [0.25, 0.3) is 0 Å². The Labute approximate surface area is 129 Å². The van der Waals surface area contributed by atoms with Crippen LogP contribution in [0.25, 0.3) is 0 Å². The zero-order valence-electron chi connectivity index (χ0n) is 12.1. The predicted octanol–water partition coefficient (Wildman–Crippen LogP) is 1.51. The third-order valence-corrected chi connectivity index (χ3v) is 6.22. The number of sulfone groups is 1. The largest absolute Gasteiger partial charge is 0.476 e. The predicted molar refractivity (Wildman–Crippen MR) is 81.6 cm³/mol. The van der Waals surface area contributed by atoms with E-state index >= 15 is 0 Å². The van der Waals surface area contributed by atoms with Crippen LogP contribution < -0.4 is 0 Å². The Morgan fingerprint density at radius 2 is 1.73 bits per heavy atom. The number of rotatable bonds is 5. The normalized spacial score (nSPS) is 19.5. The van der Waals surface area contributed by atoms with Gasteiger partial charge in [-0.2, -0.15) is 5.10 Å². The molecule has 1 aromatic carbocycles. The van der Waals surface area contributed by atoms with Crippen LogP contribution in [-0.2, 0) is 14.6 Å². The smallest absolute Gasteiger partial charge is 0.356 e. The molecule has 1 saturated heterocycles. The first-order chi connectivity index (χ1) is 10.5. The van der Waals surface area contributed by atoms with E-state index in [9.17, 15) is 18.3 Å². The van der Waals surface area contributed by atoms with Crippen molar-refractivity contribution in [3.63, 3.8) is 0 Å². The highest BCUT2D eigenvalue weighted by Crippen LogP contribution is 2.33. The van der Waals surface area contributed by atoms with Gasteiger partial charge in [-0.05, 0) is 37.8 Å². The van der Waals surface area contributed by atoms with Crippen LogP contribution in [0.4, 0.5) is 0 Å². The summed E-state index contributed by atoms with van der Waals surface area (Å²) in [6.45, 7) is 1.51. The average molecular weight is 322 g/mol. The first kappa shape index (κ1) is 15.0. The van der Waals surface area contributed by atoms with Crippen LogP contribution >= 0.6 is 0 Å². The van der Waals surface area contributed by atoms with Gasteiger partial charge in [0, 0.05) is 18.7 Å². The minimum atomic E-state index is -3.25. The van der Waals surface area contributed by atoms with Gasteiger partial charge in [-0.15, -0.1) is 0 Å². The zero-order valence-corrected chi connectivity index (χ0v) is 12.9. The highest BCUT2D eigenvalue weighted by Gasteiger charge is 2.36. The van der Waals surface area contributed by atoms with Gasteiger partial charge in [-0.1, -0.05) is 12.1 Å². The van der Waals surface area contributed by atoms with Crippen LogP contribution in [0.2, 0.25) is 0 Å². The first-order valence-electron chi connectivity index (χ1n) is 7.39. The number of aliphatic carboxylic acids is 1. The lowest BCUT2D eigenvalue weighted by molar-refractivity contribution is -0.129. The summed E-state index contributed by atoms with van der Waals surface area (Å²) in [6.07, 6.45) is 3.44. The van der Waals surface area contributed by atoms with Crippen molar-refractivity contribution in [1.29, 1.82) is 0 Å². The van der Waals surface area contributed by atoms with Crippen LogP contribution in [0.3, 0.4) is 0 Å². The Hall–Kier alpha value is -1.89. The number of carboxylic acid groups (broad SMARTS) is 1. The third-order valence-electron chi connectivity index (χ3n) is 3.95. The Morgan fingerprint density at radius 3 is 2.23 bits per heavy atom. The lowest BCUT2D eigenvalue weighted by Gasteiger charge is -2.12. The summed E-state index contributed by atoms with van der Waals surface area (Å²) < 4.78 is 24.3. The van der Waals surface area contributed by atoms with Crippen molar-refractivity contribution in [2.75, 3.05) is 13.1 Å². The van der Waals surface area contributed by atoms with Gasteiger partial charge in [0.1, 0.15) is 0 Å². The minimum absolute atomic E-state index is 0.0442. The summed E-state index contributed by atoms with van der Waals surface area (Å²) in [7, 11) is -3.25. The molecule has 6 nitrogen and oxygen atoms in total. The van der Waals surface area contributed by atoms with Crippen LogP contribution in [0.15, 0.2) is 34.3 Å². The van der Waals surface area contributed by atoms with Crippen molar-refractivity contribution in [1.82, 2.24) is 5.01 Å². The number of hydrazone groups is 1. The van der Waals surface area contributed by atoms with E-state index in [-0.39, 0.29) is 15.9 Å². The molecule has 1 saturated carbocycles. The monoisotopic (exact) mass is 322 g/mol. The fourth-order valence-electron chi connectivity index (χ4n) is 2.54. The van der Waals surface area contributed by atoms with Gasteiger partial charge >= 0.3 is 5.97 Å². The SMILES string of the molecule is O=C(O)/C(=N/N1CCCC1)c1ccc(S(=O)(=O)C2CC2)cc1. The van der Waals surface area contributed by atoms with Gasteiger partial charge in [0.15, 0.2) is 15.5 Å². The summed E-state index contributed by atoms with van der Waals surface area (Å²) in [5.74, 6) is -1.11. The molecular formula is C15H18N2O4S. The summed E-state index contributed by atoms with van der Waals surface area (Å²) in [5.41, 5.74) is 0.381. The van der Waals surface area contributed by atoms with Crippen LogP contribution in [-0.4, -0.2) is 48.6 Å². The van der Waals surface area contributed by atoms with Gasteiger partial charge in [-0.25, -0.2) is 13.2 Å². The number of hydrogen-bond acceptors (Lipinski definition) is 5. The van der Waals surface area contributed by atoms with E-state index in [0.717, 1.165) is 25.9 Å². The number of benzene rings is 1. The molecule has 0 amide bonds. The summed E-state index contributed by atoms with van der Waals surface area (Å²) in [5, 5.41) is 15.0. The zero-order chi connectivity index (χ0) is 15.7. The van der Waals surface area contributed by atoms with Gasteiger partial charge in [0.05, 0.1) is 10.1 Å². The molecule has 0 bridgehead atoms. The van der Waals surface area contributed by atoms with Crippen LogP contribution in [0, 0.1) is 0 Å². The van der Waals surface area contributed by atoms with E-state index in [1.165, 1.54) is 24.3 Å². The van der Waals surface area contributed by atoms with E-state index in [2.05, 4.69) is 5.10 Å². The number of carbonyl (C=O) groups is 1. The van der Waals surface area contributed by atoms with Crippen molar-refractivity contribution in [2.45, 2.75) is 35.8 Å². The van der Waals surface area contributed by atoms with Crippen LogP contribution in [0.5, 0.6) is 0 Å². The van der Waals surface area contributed by atoms with Crippen molar-refractivity contribution in [3.05, 3.63) is 29.8 Å². The highest BCUT2D eigenvalue weighted by molar-refractivity contribution is 7.92. The van der Waals surface area contributed by atoms with E-state index in [0.29, 0.717) is 18.4 Å². The number of nitrogens with zero attached hydrogens (tertiary/aromatic N) is 2. The Balaban J connectivity index is 1.87. The van der Waals surface area contributed by atoms with E-state index in [4.69, 9.17) is 0 Å². The molecule has 1 aromatic rings. The lowest BCUT2D eigenvalue weighted by atomic mass is 10.1. The molecule has 1 N–H and O–H groups in total. The molecule has 0 unspecified atom stereocenters. The molecule has 2 aliphatic rings. The maximum Gasteiger partial charge on any atom is 0.356 e. The fourth-order valence-corrected chi connectivity index (χ4v) is 4.20. The molecule has 1 heterocycles. The van der Waals surface area contributed by atoms with Gasteiger partial charge in [0.2, 0.25) is 0 Å². The van der Waals surface area contributed by atoms with Crippen molar-refractivity contribution < 1.29 is 18.3 Å². The molecule has 1 aliphatic carbocycles. The second-order valence-electron chi connectivity index (χ2n) is 5.68. The molecule has 7 heteroatoms.